The topological polar surface area (TPSA) is 63.8 Å². The van der Waals surface area contributed by atoms with Crippen LogP contribution in [0.4, 0.5) is 0 Å². The molecule has 37 heavy (non-hydrogen) atoms. The summed E-state index contributed by atoms with van der Waals surface area (Å²) >= 11 is 6.20. The number of hydrogen-bond donors (Lipinski definition) is 1. The van der Waals surface area contributed by atoms with Crippen LogP contribution in [0.25, 0.3) is 22.3 Å². The Hall–Kier alpha value is -2.74. The summed E-state index contributed by atoms with van der Waals surface area (Å²) in [7, 11) is 4.20. The molecule has 8 heteroatoms. The van der Waals surface area contributed by atoms with Crippen LogP contribution in [-0.2, 0) is 13.5 Å². The summed E-state index contributed by atoms with van der Waals surface area (Å²) in [6.07, 6.45) is 11.8. The number of nitrogens with zero attached hydrogens (tertiary/aromatic N) is 6. The SMILES string of the molecule is Cc1ccc(CCNCCCN(C)CC2CC[C@H](n3cc(-c4ccn(C)n4)c4cnc(Cl)nc43)C2)cc1. The number of fused-ring (bicyclic) bond motifs is 1. The summed E-state index contributed by atoms with van der Waals surface area (Å²) in [6, 6.07) is 11.3. The molecule has 0 amide bonds. The Labute approximate surface area is 224 Å². The molecule has 1 unspecified atom stereocenters. The van der Waals surface area contributed by atoms with E-state index < -0.39 is 0 Å². The van der Waals surface area contributed by atoms with E-state index in [2.05, 4.69) is 74.3 Å². The summed E-state index contributed by atoms with van der Waals surface area (Å²) in [5.41, 5.74) is 5.66. The summed E-state index contributed by atoms with van der Waals surface area (Å²) in [4.78, 5) is 11.4. The van der Waals surface area contributed by atoms with Gasteiger partial charge in [-0.25, -0.2) is 4.98 Å². The molecule has 0 saturated heterocycles. The molecule has 1 N–H and O–H groups in total. The van der Waals surface area contributed by atoms with Gasteiger partial charge in [0.1, 0.15) is 5.65 Å². The Bertz CT molecular complexity index is 1310. The van der Waals surface area contributed by atoms with E-state index in [1.807, 2.05) is 30.2 Å². The van der Waals surface area contributed by atoms with Gasteiger partial charge in [0.05, 0.1) is 5.69 Å². The first-order valence-electron chi connectivity index (χ1n) is 13.4. The van der Waals surface area contributed by atoms with Gasteiger partial charge in [0, 0.05) is 49.2 Å². The van der Waals surface area contributed by atoms with E-state index in [0.717, 1.165) is 67.7 Å². The molecule has 1 aliphatic carbocycles. The molecule has 4 aromatic rings. The van der Waals surface area contributed by atoms with Gasteiger partial charge in [-0.05, 0) is 94.9 Å². The van der Waals surface area contributed by atoms with E-state index in [-0.39, 0.29) is 0 Å². The number of halogens is 1. The van der Waals surface area contributed by atoms with Crippen molar-refractivity contribution in [2.45, 2.75) is 45.1 Å². The molecular weight excluding hydrogens is 482 g/mol. The van der Waals surface area contributed by atoms with Crippen LogP contribution in [0.15, 0.2) is 48.9 Å². The number of nitrogens with one attached hydrogen (secondary N) is 1. The molecule has 196 valence electrons. The van der Waals surface area contributed by atoms with Crippen molar-refractivity contribution in [2.75, 3.05) is 33.2 Å². The normalized spacial score (nSPS) is 17.9. The first-order chi connectivity index (χ1) is 18.0. The molecule has 1 aromatic carbocycles. The monoisotopic (exact) mass is 519 g/mol. The maximum absolute atomic E-state index is 6.20. The molecule has 5 rings (SSSR count). The molecule has 7 nitrogen and oxygen atoms in total. The predicted octanol–water partition coefficient (Wildman–Crippen LogP) is 5.29. The van der Waals surface area contributed by atoms with E-state index in [1.54, 1.807) is 0 Å². The average molecular weight is 520 g/mol. The lowest BCUT2D eigenvalue weighted by molar-refractivity contribution is 0.270. The zero-order valence-corrected chi connectivity index (χ0v) is 23.0. The summed E-state index contributed by atoms with van der Waals surface area (Å²) in [6.45, 7) is 6.50. The minimum absolute atomic E-state index is 0.293. The molecule has 2 atom stereocenters. The van der Waals surface area contributed by atoms with Crippen molar-refractivity contribution in [1.29, 1.82) is 0 Å². The van der Waals surface area contributed by atoms with Crippen LogP contribution in [0.1, 0.15) is 42.9 Å². The Morgan fingerprint density at radius 2 is 1.97 bits per heavy atom. The smallest absolute Gasteiger partial charge is 0.224 e. The quantitative estimate of drug-likeness (QED) is 0.215. The highest BCUT2D eigenvalue weighted by atomic mass is 35.5. The van der Waals surface area contributed by atoms with Gasteiger partial charge in [-0.15, -0.1) is 0 Å². The third-order valence-electron chi connectivity index (χ3n) is 7.61. The van der Waals surface area contributed by atoms with Gasteiger partial charge in [0.25, 0.3) is 0 Å². The van der Waals surface area contributed by atoms with Crippen LogP contribution in [0, 0.1) is 12.8 Å². The second-order valence-corrected chi connectivity index (χ2v) is 11.0. The maximum Gasteiger partial charge on any atom is 0.224 e. The Kier molecular flexibility index (Phi) is 8.23. The lowest BCUT2D eigenvalue weighted by Gasteiger charge is -2.21. The van der Waals surface area contributed by atoms with Crippen LogP contribution >= 0.6 is 11.6 Å². The third kappa shape index (κ3) is 6.40. The highest BCUT2D eigenvalue weighted by Gasteiger charge is 2.29. The second-order valence-electron chi connectivity index (χ2n) is 10.6. The van der Waals surface area contributed by atoms with Gasteiger partial charge in [-0.1, -0.05) is 29.8 Å². The summed E-state index contributed by atoms with van der Waals surface area (Å²) in [5, 5.41) is 9.53. The minimum atomic E-state index is 0.293. The Morgan fingerprint density at radius 1 is 1.14 bits per heavy atom. The van der Waals surface area contributed by atoms with Crippen LogP contribution in [0.5, 0.6) is 0 Å². The molecule has 0 radical (unpaired) electrons. The molecule has 0 bridgehead atoms. The van der Waals surface area contributed by atoms with E-state index in [1.165, 1.54) is 24.0 Å². The number of hydrogen-bond acceptors (Lipinski definition) is 5. The van der Waals surface area contributed by atoms with Gasteiger partial charge in [0.15, 0.2) is 0 Å². The van der Waals surface area contributed by atoms with Gasteiger partial charge >= 0.3 is 0 Å². The van der Waals surface area contributed by atoms with Gasteiger partial charge in [-0.3, -0.25) is 4.68 Å². The lowest BCUT2D eigenvalue weighted by Crippen LogP contribution is -2.28. The third-order valence-corrected chi connectivity index (χ3v) is 7.80. The Balaban J connectivity index is 1.11. The molecule has 3 aromatic heterocycles. The van der Waals surface area contributed by atoms with Gasteiger partial charge in [0.2, 0.25) is 5.28 Å². The van der Waals surface area contributed by atoms with Crippen molar-refractivity contribution < 1.29 is 0 Å². The molecule has 0 spiro atoms. The van der Waals surface area contributed by atoms with Crippen molar-refractivity contribution in [1.82, 2.24) is 34.5 Å². The molecular formula is C29H38ClN7. The Morgan fingerprint density at radius 3 is 2.76 bits per heavy atom. The van der Waals surface area contributed by atoms with Gasteiger partial charge < -0.3 is 14.8 Å². The first-order valence-corrected chi connectivity index (χ1v) is 13.8. The number of aromatic nitrogens is 5. The van der Waals surface area contributed by atoms with Crippen molar-refractivity contribution in [2.24, 2.45) is 13.0 Å². The van der Waals surface area contributed by atoms with Crippen LogP contribution in [-0.4, -0.2) is 62.4 Å². The van der Waals surface area contributed by atoms with E-state index in [0.29, 0.717) is 17.2 Å². The fourth-order valence-corrected chi connectivity index (χ4v) is 5.76. The fraction of sp³-hybridized carbons (Fsp3) is 0.483. The minimum Gasteiger partial charge on any atom is -0.329 e. The molecule has 1 fully saturated rings. The number of benzene rings is 1. The standard InChI is InChI=1S/C29H38ClN7/c1-21-5-7-22(8-6-21)11-14-31-13-4-15-35(2)19-23-9-10-24(17-23)37-20-26(27-12-16-36(3)34-27)25-18-32-29(30)33-28(25)37/h5-8,12,16,18,20,23-24,31H,4,9-11,13-15,17,19H2,1-3H3/t23?,24-/m0/s1. The van der Waals surface area contributed by atoms with E-state index in [4.69, 9.17) is 11.6 Å². The fourth-order valence-electron chi connectivity index (χ4n) is 5.64. The highest BCUT2D eigenvalue weighted by molar-refractivity contribution is 6.28. The number of rotatable bonds is 11. The second kappa shape index (κ2) is 11.8. The highest BCUT2D eigenvalue weighted by Crippen LogP contribution is 2.39. The van der Waals surface area contributed by atoms with Gasteiger partial charge in [-0.2, -0.15) is 10.1 Å². The van der Waals surface area contributed by atoms with Crippen LogP contribution in [0.3, 0.4) is 0 Å². The van der Waals surface area contributed by atoms with Crippen LogP contribution in [0.2, 0.25) is 5.28 Å². The zero-order chi connectivity index (χ0) is 25.8. The average Bonchev–Trinajstić information content (AvgIpc) is 3.60. The largest absolute Gasteiger partial charge is 0.329 e. The molecule has 1 saturated carbocycles. The molecule has 0 aliphatic heterocycles. The molecule has 3 heterocycles. The van der Waals surface area contributed by atoms with Crippen molar-refractivity contribution in [3.8, 4) is 11.3 Å². The lowest BCUT2D eigenvalue weighted by atomic mass is 10.1. The summed E-state index contributed by atoms with van der Waals surface area (Å²) in [5.74, 6) is 0.692. The van der Waals surface area contributed by atoms with E-state index in [9.17, 15) is 0 Å². The van der Waals surface area contributed by atoms with Crippen LogP contribution < -0.4 is 5.32 Å². The number of aryl methyl sites for hydroxylation is 2. The van der Waals surface area contributed by atoms with E-state index >= 15 is 0 Å². The summed E-state index contributed by atoms with van der Waals surface area (Å²) < 4.78 is 4.15. The maximum atomic E-state index is 6.20. The van der Waals surface area contributed by atoms with Crippen molar-refractivity contribution in [3.05, 3.63) is 65.3 Å². The zero-order valence-electron chi connectivity index (χ0n) is 22.2. The van der Waals surface area contributed by atoms with Crippen molar-refractivity contribution >= 4 is 22.6 Å². The van der Waals surface area contributed by atoms with Crippen molar-refractivity contribution in [3.63, 3.8) is 0 Å². The molecule has 1 aliphatic rings. The predicted molar refractivity (Wildman–Crippen MR) is 151 cm³/mol. The first kappa shape index (κ1) is 25.9.